The van der Waals surface area contributed by atoms with Crippen LogP contribution in [0, 0.1) is 30.2 Å². The molecule has 1 aliphatic heterocycles. The number of halogens is 4. The minimum absolute atomic E-state index is 0.000672. The monoisotopic (exact) mass is 430 g/mol. The van der Waals surface area contributed by atoms with E-state index in [1.165, 1.54) is 0 Å². The molecule has 1 aromatic heterocycles. The third kappa shape index (κ3) is 3.46. The standard InChI is InChI=1S/C18H14F4N2O4S/c1-3-28-18(27)8-7-4-5-23-16(26)14(7)29-17(8)24-15(25)9-12(21)10(19)6(2)11(20)13(9)22/h3-5H2,1-2H3,(H,23,26)(H,24,25). The van der Waals surface area contributed by atoms with Gasteiger partial charge < -0.3 is 15.4 Å². The molecule has 0 radical (unpaired) electrons. The van der Waals surface area contributed by atoms with Gasteiger partial charge in [-0.1, -0.05) is 0 Å². The summed E-state index contributed by atoms with van der Waals surface area (Å²) < 4.78 is 60.8. The van der Waals surface area contributed by atoms with Crippen LogP contribution in [0.5, 0.6) is 0 Å². The summed E-state index contributed by atoms with van der Waals surface area (Å²) in [4.78, 5) is 36.9. The highest BCUT2D eigenvalue weighted by molar-refractivity contribution is 7.18. The molecule has 0 atom stereocenters. The Morgan fingerprint density at radius 3 is 2.31 bits per heavy atom. The molecule has 11 heteroatoms. The lowest BCUT2D eigenvalue weighted by atomic mass is 10.0. The maximum absolute atomic E-state index is 14.1. The van der Waals surface area contributed by atoms with Gasteiger partial charge in [-0.05, 0) is 25.8 Å². The number of carbonyl (C=O) groups excluding carboxylic acids is 3. The van der Waals surface area contributed by atoms with Crippen molar-refractivity contribution >= 4 is 34.1 Å². The molecule has 0 bridgehead atoms. The molecule has 154 valence electrons. The molecule has 0 fully saturated rings. The second kappa shape index (κ2) is 7.82. The van der Waals surface area contributed by atoms with Gasteiger partial charge in [-0.25, -0.2) is 22.4 Å². The number of rotatable bonds is 4. The Hall–Kier alpha value is -2.95. The summed E-state index contributed by atoms with van der Waals surface area (Å²) in [6.45, 7) is 2.61. The molecule has 2 aromatic rings. The van der Waals surface area contributed by atoms with Crippen molar-refractivity contribution in [2.75, 3.05) is 18.5 Å². The van der Waals surface area contributed by atoms with Crippen molar-refractivity contribution in [3.05, 3.63) is 50.4 Å². The van der Waals surface area contributed by atoms with E-state index in [4.69, 9.17) is 4.74 Å². The first-order valence-corrected chi connectivity index (χ1v) is 9.25. The molecular weight excluding hydrogens is 416 g/mol. The van der Waals surface area contributed by atoms with E-state index in [-0.39, 0.29) is 35.0 Å². The molecule has 1 aliphatic rings. The molecule has 2 amide bonds. The van der Waals surface area contributed by atoms with Crippen molar-refractivity contribution in [3.8, 4) is 0 Å². The molecule has 3 rings (SSSR count). The highest BCUT2D eigenvalue weighted by Crippen LogP contribution is 2.36. The van der Waals surface area contributed by atoms with E-state index in [2.05, 4.69) is 10.6 Å². The Morgan fingerprint density at radius 2 is 1.72 bits per heavy atom. The molecule has 0 spiro atoms. The Kier molecular flexibility index (Phi) is 5.60. The van der Waals surface area contributed by atoms with Gasteiger partial charge in [0.15, 0.2) is 23.3 Å². The van der Waals surface area contributed by atoms with Gasteiger partial charge in [0.2, 0.25) is 0 Å². The SMILES string of the molecule is CCOC(=O)c1c(NC(=O)c2c(F)c(F)c(C)c(F)c2F)sc2c1CCNC2=O. The van der Waals surface area contributed by atoms with Gasteiger partial charge in [-0.15, -0.1) is 11.3 Å². The molecular formula is C18H14F4N2O4S. The van der Waals surface area contributed by atoms with Gasteiger partial charge in [0.05, 0.1) is 17.0 Å². The van der Waals surface area contributed by atoms with E-state index < -0.39 is 52.2 Å². The number of hydrogen-bond donors (Lipinski definition) is 2. The Morgan fingerprint density at radius 1 is 1.10 bits per heavy atom. The van der Waals surface area contributed by atoms with Gasteiger partial charge in [0.1, 0.15) is 10.6 Å². The zero-order valence-electron chi connectivity index (χ0n) is 15.2. The molecule has 0 saturated carbocycles. The lowest BCUT2D eigenvalue weighted by Crippen LogP contribution is -2.31. The molecule has 6 nitrogen and oxygen atoms in total. The van der Waals surface area contributed by atoms with E-state index in [0.717, 1.165) is 6.92 Å². The third-order valence-corrected chi connectivity index (χ3v) is 5.44. The smallest absolute Gasteiger partial charge is 0.341 e. The molecule has 2 heterocycles. The summed E-state index contributed by atoms with van der Waals surface area (Å²) >= 11 is 0.693. The first kappa shape index (κ1) is 20.8. The summed E-state index contributed by atoms with van der Waals surface area (Å²) in [5.41, 5.74) is -2.21. The van der Waals surface area contributed by atoms with Gasteiger partial charge in [0, 0.05) is 12.1 Å². The molecule has 2 N–H and O–H groups in total. The molecule has 1 aromatic carbocycles. The molecule has 0 aliphatic carbocycles. The quantitative estimate of drug-likeness (QED) is 0.443. The number of esters is 1. The minimum atomic E-state index is -1.87. The summed E-state index contributed by atoms with van der Waals surface area (Å²) in [5, 5.41) is 4.43. The van der Waals surface area contributed by atoms with Crippen LogP contribution in [0.3, 0.4) is 0 Å². The Labute approximate surface area is 165 Å². The second-order valence-corrected chi connectivity index (χ2v) is 7.07. The van der Waals surface area contributed by atoms with E-state index in [1.54, 1.807) is 6.92 Å². The van der Waals surface area contributed by atoms with Crippen LogP contribution in [0.1, 0.15) is 48.4 Å². The van der Waals surface area contributed by atoms with Crippen LogP contribution in [-0.2, 0) is 11.2 Å². The fraction of sp³-hybridized carbons (Fsp3) is 0.278. The van der Waals surface area contributed by atoms with Crippen LogP contribution < -0.4 is 10.6 Å². The predicted octanol–water partition coefficient (Wildman–Crippen LogP) is 3.33. The summed E-state index contributed by atoms with van der Waals surface area (Å²) in [7, 11) is 0. The largest absolute Gasteiger partial charge is 0.462 e. The fourth-order valence-corrected chi connectivity index (χ4v) is 4.03. The van der Waals surface area contributed by atoms with Gasteiger partial charge in [-0.3, -0.25) is 9.59 Å². The van der Waals surface area contributed by atoms with Crippen LogP contribution in [0.4, 0.5) is 22.6 Å². The Balaban J connectivity index is 2.09. The minimum Gasteiger partial charge on any atom is -0.462 e. The summed E-state index contributed by atoms with van der Waals surface area (Å²) in [6, 6.07) is 0. The highest BCUT2D eigenvalue weighted by atomic mass is 32.1. The van der Waals surface area contributed by atoms with E-state index in [1.807, 2.05) is 0 Å². The summed E-state index contributed by atoms with van der Waals surface area (Å²) in [6.07, 6.45) is 0.262. The Bertz CT molecular complexity index is 1020. The van der Waals surface area contributed by atoms with Crippen molar-refractivity contribution in [2.45, 2.75) is 20.3 Å². The van der Waals surface area contributed by atoms with E-state index in [9.17, 15) is 31.9 Å². The molecule has 0 unspecified atom stereocenters. The maximum atomic E-state index is 14.1. The fourth-order valence-electron chi connectivity index (χ4n) is 2.88. The first-order valence-electron chi connectivity index (χ1n) is 8.43. The lowest BCUT2D eigenvalue weighted by Gasteiger charge is -2.13. The molecule has 29 heavy (non-hydrogen) atoms. The average Bonchev–Trinajstić information content (AvgIpc) is 3.04. The molecule has 0 saturated heterocycles. The number of amides is 2. The van der Waals surface area contributed by atoms with Crippen molar-refractivity contribution in [1.29, 1.82) is 0 Å². The number of carbonyl (C=O) groups is 3. The average molecular weight is 430 g/mol. The number of thiophene rings is 1. The van der Waals surface area contributed by atoms with Gasteiger partial charge in [-0.2, -0.15) is 0 Å². The topological polar surface area (TPSA) is 84.5 Å². The second-order valence-electron chi connectivity index (χ2n) is 6.05. The van der Waals surface area contributed by atoms with E-state index >= 15 is 0 Å². The van der Waals surface area contributed by atoms with Crippen LogP contribution in [0.15, 0.2) is 0 Å². The van der Waals surface area contributed by atoms with Crippen LogP contribution in [0.2, 0.25) is 0 Å². The van der Waals surface area contributed by atoms with Crippen molar-refractivity contribution in [3.63, 3.8) is 0 Å². The van der Waals surface area contributed by atoms with Crippen molar-refractivity contribution < 1.29 is 36.7 Å². The van der Waals surface area contributed by atoms with Gasteiger partial charge >= 0.3 is 5.97 Å². The van der Waals surface area contributed by atoms with Crippen molar-refractivity contribution in [1.82, 2.24) is 5.32 Å². The zero-order valence-corrected chi connectivity index (χ0v) is 16.0. The first-order chi connectivity index (χ1) is 13.7. The van der Waals surface area contributed by atoms with Crippen LogP contribution in [0.25, 0.3) is 0 Å². The number of nitrogens with one attached hydrogen (secondary N) is 2. The number of fused-ring (bicyclic) bond motifs is 1. The summed E-state index contributed by atoms with van der Waals surface area (Å²) in [5.74, 6) is -9.99. The van der Waals surface area contributed by atoms with E-state index in [0.29, 0.717) is 16.9 Å². The maximum Gasteiger partial charge on any atom is 0.341 e. The number of benzene rings is 1. The van der Waals surface area contributed by atoms with Crippen LogP contribution >= 0.6 is 11.3 Å². The highest BCUT2D eigenvalue weighted by Gasteiger charge is 2.33. The number of ether oxygens (including phenoxy) is 1. The predicted molar refractivity (Wildman–Crippen MR) is 95.3 cm³/mol. The number of anilines is 1. The lowest BCUT2D eigenvalue weighted by molar-refractivity contribution is 0.0527. The normalized spacial score (nSPS) is 13.0. The van der Waals surface area contributed by atoms with Crippen molar-refractivity contribution in [2.24, 2.45) is 0 Å². The van der Waals surface area contributed by atoms with Gasteiger partial charge in [0.25, 0.3) is 11.8 Å². The number of hydrogen-bond acceptors (Lipinski definition) is 5. The third-order valence-electron chi connectivity index (χ3n) is 4.29. The zero-order chi connectivity index (χ0) is 21.5. The van der Waals surface area contributed by atoms with Crippen LogP contribution in [-0.4, -0.2) is 30.9 Å².